The number of hydrogen-bond acceptors (Lipinski definition) is 2. The van der Waals surface area contributed by atoms with E-state index in [4.69, 9.17) is 0 Å². The lowest BCUT2D eigenvalue weighted by molar-refractivity contribution is -0.144. The van der Waals surface area contributed by atoms with E-state index >= 15 is 0 Å². The van der Waals surface area contributed by atoms with Crippen LogP contribution in [0.3, 0.4) is 0 Å². The highest BCUT2D eigenvalue weighted by Gasteiger charge is 2.51. The topological polar surface area (TPSA) is 40.6 Å². The molecule has 0 unspecified atom stereocenters. The van der Waals surface area contributed by atoms with Crippen molar-refractivity contribution in [1.82, 2.24) is 9.80 Å². The highest BCUT2D eigenvalue weighted by molar-refractivity contribution is 5.82. The normalized spacial score (nSPS) is 22.9. The minimum atomic E-state index is -0.0819. The molecule has 0 bridgehead atoms. The number of amides is 2. The number of rotatable bonds is 4. The zero-order valence-corrected chi connectivity index (χ0v) is 16.5. The third-order valence-corrected chi connectivity index (χ3v) is 7.26. The van der Waals surface area contributed by atoms with Gasteiger partial charge in [0.15, 0.2) is 0 Å². The molecule has 0 N–H and O–H groups in total. The molecule has 1 aromatic carbocycles. The molecule has 2 aliphatic carbocycles. The molecular formula is C23H29FN2O2. The molecule has 1 aromatic rings. The fraction of sp³-hybridized carbons (Fsp3) is 0.652. The van der Waals surface area contributed by atoms with Crippen LogP contribution < -0.4 is 0 Å². The van der Waals surface area contributed by atoms with Gasteiger partial charge in [-0.3, -0.25) is 9.59 Å². The Bertz CT molecular complexity index is 811. The summed E-state index contributed by atoms with van der Waals surface area (Å²) < 4.78 is 14.1. The molecule has 2 heterocycles. The predicted molar refractivity (Wildman–Crippen MR) is 104 cm³/mol. The monoisotopic (exact) mass is 384 g/mol. The summed E-state index contributed by atoms with van der Waals surface area (Å²) in [5.41, 5.74) is 3.34. The largest absolute Gasteiger partial charge is 0.342 e. The first-order valence-electron chi connectivity index (χ1n) is 10.9. The molecule has 4 nitrogen and oxygen atoms in total. The van der Waals surface area contributed by atoms with Crippen LogP contribution in [0.4, 0.5) is 4.39 Å². The van der Waals surface area contributed by atoms with E-state index in [9.17, 15) is 14.0 Å². The van der Waals surface area contributed by atoms with Crippen molar-refractivity contribution >= 4 is 11.8 Å². The molecule has 150 valence electrons. The van der Waals surface area contributed by atoms with Crippen LogP contribution in [-0.4, -0.2) is 47.8 Å². The Hall–Kier alpha value is -1.91. The average molecular weight is 384 g/mol. The predicted octanol–water partition coefficient (Wildman–Crippen LogP) is 3.11. The molecule has 0 aromatic heterocycles. The van der Waals surface area contributed by atoms with E-state index in [1.54, 1.807) is 6.07 Å². The van der Waals surface area contributed by atoms with Gasteiger partial charge in [-0.2, -0.15) is 0 Å². The lowest BCUT2D eigenvalue weighted by atomic mass is 9.79. The van der Waals surface area contributed by atoms with Gasteiger partial charge in [-0.25, -0.2) is 4.39 Å². The van der Waals surface area contributed by atoms with Gasteiger partial charge in [0.2, 0.25) is 11.8 Å². The third-order valence-electron chi connectivity index (χ3n) is 7.26. The van der Waals surface area contributed by atoms with Crippen molar-refractivity contribution in [2.75, 3.05) is 26.2 Å². The minimum absolute atomic E-state index is 0.0819. The van der Waals surface area contributed by atoms with Crippen molar-refractivity contribution in [1.29, 1.82) is 0 Å². The van der Waals surface area contributed by atoms with Crippen molar-refractivity contribution in [3.05, 3.63) is 34.6 Å². The van der Waals surface area contributed by atoms with Gasteiger partial charge in [0.05, 0.1) is 0 Å². The number of carbonyl (C=O) groups is 2. The van der Waals surface area contributed by atoms with E-state index in [1.807, 2.05) is 15.9 Å². The Morgan fingerprint density at radius 2 is 1.75 bits per heavy atom. The van der Waals surface area contributed by atoms with E-state index < -0.39 is 0 Å². The molecule has 0 atom stereocenters. The number of hydrogen-bond donors (Lipinski definition) is 0. The zero-order valence-electron chi connectivity index (χ0n) is 16.5. The van der Waals surface area contributed by atoms with Gasteiger partial charge in [-0.05, 0) is 74.1 Å². The van der Waals surface area contributed by atoms with Crippen LogP contribution in [-0.2, 0) is 28.9 Å². The molecule has 5 rings (SSSR count). The average Bonchev–Trinajstić information content (AvgIpc) is 3.43. The number of aryl methyl sites for hydroxylation is 1. The lowest BCUT2D eigenvalue weighted by Gasteiger charge is -2.48. The van der Waals surface area contributed by atoms with Crippen molar-refractivity contribution in [2.45, 2.75) is 57.8 Å². The summed E-state index contributed by atoms with van der Waals surface area (Å²) in [6, 6.07) is 3.46. The first-order chi connectivity index (χ1) is 13.5. The van der Waals surface area contributed by atoms with E-state index in [1.165, 1.54) is 0 Å². The van der Waals surface area contributed by atoms with Gasteiger partial charge in [-0.1, -0.05) is 6.07 Å². The van der Waals surface area contributed by atoms with Crippen molar-refractivity contribution in [3.8, 4) is 0 Å². The number of carbonyl (C=O) groups excluding carboxylic acids is 2. The maximum absolute atomic E-state index is 14.1. The minimum Gasteiger partial charge on any atom is -0.342 e. The maximum atomic E-state index is 14.1. The molecule has 2 amide bonds. The summed E-state index contributed by atoms with van der Waals surface area (Å²) in [4.78, 5) is 28.9. The Balaban J connectivity index is 1.16. The number of fused-ring (bicyclic) bond motifs is 1. The van der Waals surface area contributed by atoms with Crippen molar-refractivity contribution in [3.63, 3.8) is 0 Å². The molecule has 2 aliphatic heterocycles. The molecule has 2 saturated heterocycles. The summed E-state index contributed by atoms with van der Waals surface area (Å²) >= 11 is 0. The van der Waals surface area contributed by atoms with Crippen molar-refractivity contribution < 1.29 is 14.0 Å². The van der Waals surface area contributed by atoms with Crippen LogP contribution in [0.5, 0.6) is 0 Å². The summed E-state index contributed by atoms with van der Waals surface area (Å²) in [6.07, 6.45) is 8.27. The standard InChI is InChI=1S/C23H29FN2O2/c24-20-9-7-16(18-3-1-2-4-19(18)20)8-10-21(27)25-12-11-23(13-25)14-26(15-23)22(28)17-5-6-17/h7,9,17H,1-6,8,10-15H2. The Labute approximate surface area is 166 Å². The molecule has 0 radical (unpaired) electrons. The van der Waals surface area contributed by atoms with Gasteiger partial charge in [-0.15, -0.1) is 0 Å². The van der Waals surface area contributed by atoms with Gasteiger partial charge < -0.3 is 9.80 Å². The number of nitrogens with zero attached hydrogens (tertiary/aromatic N) is 2. The van der Waals surface area contributed by atoms with Gasteiger partial charge >= 0.3 is 0 Å². The molecule has 1 saturated carbocycles. The second-order valence-corrected chi connectivity index (χ2v) is 9.40. The van der Waals surface area contributed by atoms with Crippen LogP contribution in [0.15, 0.2) is 12.1 Å². The second-order valence-electron chi connectivity index (χ2n) is 9.40. The van der Waals surface area contributed by atoms with Crippen LogP contribution >= 0.6 is 0 Å². The first kappa shape index (κ1) is 18.1. The maximum Gasteiger partial charge on any atom is 0.225 e. The van der Waals surface area contributed by atoms with E-state index in [2.05, 4.69) is 0 Å². The Kier molecular flexibility index (Phi) is 4.44. The van der Waals surface area contributed by atoms with Gasteiger partial charge in [0.25, 0.3) is 0 Å². The van der Waals surface area contributed by atoms with Crippen molar-refractivity contribution in [2.24, 2.45) is 11.3 Å². The Morgan fingerprint density at radius 3 is 2.50 bits per heavy atom. The molecular weight excluding hydrogens is 355 g/mol. The zero-order chi connectivity index (χ0) is 19.3. The van der Waals surface area contributed by atoms with Gasteiger partial charge in [0, 0.05) is 43.9 Å². The molecule has 4 aliphatic rings. The summed E-state index contributed by atoms with van der Waals surface area (Å²) in [6.45, 7) is 3.27. The van der Waals surface area contributed by atoms with E-state index in [0.29, 0.717) is 18.7 Å². The third kappa shape index (κ3) is 3.23. The molecule has 28 heavy (non-hydrogen) atoms. The fourth-order valence-electron chi connectivity index (χ4n) is 5.45. The first-order valence-corrected chi connectivity index (χ1v) is 10.9. The van der Waals surface area contributed by atoms with Gasteiger partial charge in [0.1, 0.15) is 5.82 Å². The quantitative estimate of drug-likeness (QED) is 0.800. The van der Waals surface area contributed by atoms with E-state index in [-0.39, 0.29) is 23.1 Å². The lowest BCUT2D eigenvalue weighted by Crippen LogP contribution is -2.60. The van der Waals surface area contributed by atoms with E-state index in [0.717, 1.165) is 87.8 Å². The van der Waals surface area contributed by atoms with Crippen LogP contribution in [0.2, 0.25) is 0 Å². The second kappa shape index (κ2) is 6.85. The summed E-state index contributed by atoms with van der Waals surface area (Å²) in [5.74, 6) is 0.744. The molecule has 5 heteroatoms. The van der Waals surface area contributed by atoms with Crippen LogP contribution in [0, 0.1) is 17.2 Å². The summed E-state index contributed by atoms with van der Waals surface area (Å²) in [7, 11) is 0. The van der Waals surface area contributed by atoms with Crippen LogP contribution in [0.25, 0.3) is 0 Å². The number of halogens is 1. The smallest absolute Gasteiger partial charge is 0.225 e. The number of benzene rings is 1. The molecule has 1 spiro atoms. The SMILES string of the molecule is O=C(CCc1ccc(F)c2c1CCCC2)N1CCC2(C1)CN(C(=O)C1CC1)C2. The number of likely N-dealkylation sites (tertiary alicyclic amines) is 2. The Morgan fingerprint density at radius 1 is 1.04 bits per heavy atom. The van der Waals surface area contributed by atoms with Crippen LogP contribution in [0.1, 0.15) is 55.2 Å². The molecule has 3 fully saturated rings. The fourth-order valence-corrected chi connectivity index (χ4v) is 5.45. The highest BCUT2D eigenvalue weighted by Crippen LogP contribution is 2.43. The highest BCUT2D eigenvalue weighted by atomic mass is 19.1. The summed E-state index contributed by atoms with van der Waals surface area (Å²) in [5, 5.41) is 0.